The Bertz CT molecular complexity index is 412. The van der Waals surface area contributed by atoms with Gasteiger partial charge in [-0.1, -0.05) is 12.1 Å². The van der Waals surface area contributed by atoms with Gasteiger partial charge in [0.15, 0.2) is 0 Å². The van der Waals surface area contributed by atoms with Gasteiger partial charge >= 0.3 is 5.97 Å². The first-order chi connectivity index (χ1) is 8.90. The summed E-state index contributed by atoms with van der Waals surface area (Å²) >= 11 is 0. The van der Waals surface area contributed by atoms with Gasteiger partial charge in [-0.15, -0.1) is 0 Å². The molecule has 0 saturated carbocycles. The SMILES string of the molecule is CCOc1ccc(C(N)CC(C)(C)C(=O)OC)cc1. The average Bonchev–Trinajstić information content (AvgIpc) is 2.38. The smallest absolute Gasteiger partial charge is 0.311 e. The second kappa shape index (κ2) is 6.57. The molecule has 106 valence electrons. The minimum Gasteiger partial charge on any atom is -0.494 e. The van der Waals surface area contributed by atoms with E-state index in [4.69, 9.17) is 15.2 Å². The lowest BCUT2D eigenvalue weighted by Gasteiger charge is -2.25. The summed E-state index contributed by atoms with van der Waals surface area (Å²) < 4.78 is 10.2. The zero-order chi connectivity index (χ0) is 14.5. The highest BCUT2D eigenvalue weighted by Gasteiger charge is 2.31. The van der Waals surface area contributed by atoms with Crippen LogP contribution < -0.4 is 10.5 Å². The first-order valence-electron chi connectivity index (χ1n) is 6.47. The second-order valence-electron chi connectivity index (χ2n) is 5.19. The zero-order valence-corrected chi connectivity index (χ0v) is 12.1. The van der Waals surface area contributed by atoms with Crippen molar-refractivity contribution >= 4 is 5.97 Å². The fourth-order valence-electron chi connectivity index (χ4n) is 2.01. The van der Waals surface area contributed by atoms with Gasteiger partial charge in [0.05, 0.1) is 19.1 Å². The van der Waals surface area contributed by atoms with Crippen LogP contribution in [0.25, 0.3) is 0 Å². The lowest BCUT2D eigenvalue weighted by molar-refractivity contribution is -0.151. The molecule has 0 fully saturated rings. The summed E-state index contributed by atoms with van der Waals surface area (Å²) in [6.45, 7) is 6.26. The predicted molar refractivity (Wildman–Crippen MR) is 75.0 cm³/mol. The molecule has 4 heteroatoms. The molecule has 1 aromatic rings. The number of methoxy groups -OCH3 is 1. The molecule has 1 atom stereocenters. The van der Waals surface area contributed by atoms with E-state index in [9.17, 15) is 4.79 Å². The highest BCUT2D eigenvalue weighted by Crippen LogP contribution is 2.30. The predicted octanol–water partition coefficient (Wildman–Crippen LogP) is 2.67. The Kier molecular flexibility index (Phi) is 5.36. The van der Waals surface area contributed by atoms with Crippen LogP contribution in [-0.2, 0) is 9.53 Å². The van der Waals surface area contributed by atoms with Crippen LogP contribution in [0.1, 0.15) is 38.8 Å². The Morgan fingerprint density at radius 3 is 2.37 bits per heavy atom. The third-order valence-electron chi connectivity index (χ3n) is 3.09. The molecule has 4 nitrogen and oxygen atoms in total. The van der Waals surface area contributed by atoms with Gasteiger partial charge in [0, 0.05) is 6.04 Å². The molecule has 0 saturated heterocycles. The monoisotopic (exact) mass is 265 g/mol. The largest absolute Gasteiger partial charge is 0.494 e. The summed E-state index contributed by atoms with van der Waals surface area (Å²) in [5, 5.41) is 0. The third-order valence-corrected chi connectivity index (χ3v) is 3.09. The first-order valence-corrected chi connectivity index (χ1v) is 6.47. The summed E-state index contributed by atoms with van der Waals surface area (Å²) in [6.07, 6.45) is 0.535. The van der Waals surface area contributed by atoms with Crippen molar-refractivity contribution in [1.29, 1.82) is 0 Å². The van der Waals surface area contributed by atoms with E-state index in [2.05, 4.69) is 0 Å². The number of carbonyl (C=O) groups excluding carboxylic acids is 1. The van der Waals surface area contributed by atoms with E-state index in [1.165, 1.54) is 7.11 Å². The number of carbonyl (C=O) groups is 1. The van der Waals surface area contributed by atoms with Gasteiger partial charge in [-0.3, -0.25) is 4.79 Å². The van der Waals surface area contributed by atoms with Crippen LogP contribution >= 0.6 is 0 Å². The van der Waals surface area contributed by atoms with Crippen molar-refractivity contribution < 1.29 is 14.3 Å². The molecular formula is C15H23NO3. The highest BCUT2D eigenvalue weighted by molar-refractivity contribution is 5.75. The summed E-state index contributed by atoms with van der Waals surface area (Å²) in [7, 11) is 1.40. The van der Waals surface area contributed by atoms with Gasteiger partial charge in [-0.25, -0.2) is 0 Å². The molecular weight excluding hydrogens is 242 g/mol. The lowest BCUT2D eigenvalue weighted by atomic mass is 9.84. The van der Waals surface area contributed by atoms with Gasteiger partial charge in [0.2, 0.25) is 0 Å². The maximum absolute atomic E-state index is 11.6. The number of nitrogens with two attached hydrogens (primary N) is 1. The van der Waals surface area contributed by atoms with Crippen molar-refractivity contribution in [1.82, 2.24) is 0 Å². The van der Waals surface area contributed by atoms with Crippen molar-refractivity contribution in [3.05, 3.63) is 29.8 Å². The van der Waals surface area contributed by atoms with Gasteiger partial charge in [0.25, 0.3) is 0 Å². The van der Waals surface area contributed by atoms with Crippen LogP contribution in [0, 0.1) is 5.41 Å². The Hall–Kier alpha value is -1.55. The Balaban J connectivity index is 2.72. The molecule has 0 aliphatic heterocycles. The molecule has 0 radical (unpaired) electrons. The van der Waals surface area contributed by atoms with Gasteiger partial charge in [-0.05, 0) is 44.9 Å². The summed E-state index contributed by atoms with van der Waals surface area (Å²) in [5.41, 5.74) is 6.55. The van der Waals surface area contributed by atoms with Crippen LogP contribution in [0.15, 0.2) is 24.3 Å². The van der Waals surface area contributed by atoms with Crippen LogP contribution in [0.5, 0.6) is 5.75 Å². The standard InChI is InChI=1S/C15H23NO3/c1-5-19-12-8-6-11(7-9-12)13(16)10-15(2,3)14(17)18-4/h6-9,13H,5,10,16H2,1-4H3. The summed E-state index contributed by atoms with van der Waals surface area (Å²) in [6, 6.07) is 7.45. The zero-order valence-electron chi connectivity index (χ0n) is 12.1. The average molecular weight is 265 g/mol. The van der Waals surface area contributed by atoms with Crippen LogP contribution in [0.2, 0.25) is 0 Å². The van der Waals surface area contributed by atoms with E-state index in [1.807, 2.05) is 45.0 Å². The molecule has 1 unspecified atom stereocenters. The van der Waals surface area contributed by atoms with E-state index in [1.54, 1.807) is 0 Å². The first kappa shape index (κ1) is 15.5. The van der Waals surface area contributed by atoms with Crippen molar-refractivity contribution in [2.75, 3.05) is 13.7 Å². The summed E-state index contributed by atoms with van der Waals surface area (Å²) in [5.74, 6) is 0.583. The highest BCUT2D eigenvalue weighted by atomic mass is 16.5. The second-order valence-corrected chi connectivity index (χ2v) is 5.19. The van der Waals surface area contributed by atoms with Crippen LogP contribution in [0.4, 0.5) is 0 Å². The Morgan fingerprint density at radius 2 is 1.89 bits per heavy atom. The number of benzene rings is 1. The van der Waals surface area contributed by atoms with Crippen molar-refractivity contribution in [2.45, 2.75) is 33.2 Å². The molecule has 0 aliphatic rings. The number of rotatable bonds is 6. The topological polar surface area (TPSA) is 61.5 Å². The molecule has 0 amide bonds. The normalized spacial score (nSPS) is 12.9. The van der Waals surface area contributed by atoms with E-state index in [0.717, 1.165) is 11.3 Å². The van der Waals surface area contributed by atoms with E-state index >= 15 is 0 Å². The number of esters is 1. The fraction of sp³-hybridized carbons (Fsp3) is 0.533. The third kappa shape index (κ3) is 4.24. The van der Waals surface area contributed by atoms with Crippen LogP contribution in [-0.4, -0.2) is 19.7 Å². The van der Waals surface area contributed by atoms with Gasteiger partial charge < -0.3 is 15.2 Å². The van der Waals surface area contributed by atoms with Gasteiger partial charge in [-0.2, -0.15) is 0 Å². The molecule has 1 rings (SSSR count). The fourth-order valence-corrected chi connectivity index (χ4v) is 2.01. The molecule has 0 aliphatic carbocycles. The number of ether oxygens (including phenoxy) is 2. The van der Waals surface area contributed by atoms with Crippen LogP contribution in [0.3, 0.4) is 0 Å². The summed E-state index contributed by atoms with van der Waals surface area (Å²) in [4.78, 5) is 11.6. The number of hydrogen-bond acceptors (Lipinski definition) is 4. The Morgan fingerprint density at radius 1 is 1.32 bits per heavy atom. The molecule has 0 aromatic heterocycles. The lowest BCUT2D eigenvalue weighted by Crippen LogP contribution is -2.30. The van der Waals surface area contributed by atoms with Gasteiger partial charge in [0.1, 0.15) is 5.75 Å². The quantitative estimate of drug-likeness (QED) is 0.803. The van der Waals surface area contributed by atoms with E-state index in [0.29, 0.717) is 13.0 Å². The van der Waals surface area contributed by atoms with Crippen molar-refractivity contribution in [2.24, 2.45) is 11.1 Å². The molecule has 0 bridgehead atoms. The molecule has 19 heavy (non-hydrogen) atoms. The maximum Gasteiger partial charge on any atom is 0.311 e. The minimum atomic E-state index is -0.591. The van der Waals surface area contributed by atoms with Crippen molar-refractivity contribution in [3.8, 4) is 5.75 Å². The molecule has 2 N–H and O–H groups in total. The van der Waals surface area contributed by atoms with Crippen molar-refractivity contribution in [3.63, 3.8) is 0 Å². The molecule has 0 spiro atoms. The maximum atomic E-state index is 11.6. The molecule has 0 heterocycles. The van der Waals surface area contributed by atoms with E-state index < -0.39 is 5.41 Å². The van der Waals surface area contributed by atoms with E-state index in [-0.39, 0.29) is 12.0 Å². The number of hydrogen-bond donors (Lipinski definition) is 1. The minimum absolute atomic E-state index is 0.204. The Labute approximate surface area is 114 Å². The molecule has 1 aromatic carbocycles.